The van der Waals surface area contributed by atoms with Gasteiger partial charge in [0.15, 0.2) is 11.0 Å². The van der Waals surface area contributed by atoms with Crippen LogP contribution in [0.1, 0.15) is 5.56 Å². The maximum absolute atomic E-state index is 12.5. The first-order valence-electron chi connectivity index (χ1n) is 9.46. The summed E-state index contributed by atoms with van der Waals surface area (Å²) in [5.74, 6) is 0.681. The van der Waals surface area contributed by atoms with Crippen molar-refractivity contribution in [1.82, 2.24) is 14.8 Å². The van der Waals surface area contributed by atoms with Crippen LogP contribution in [-0.2, 0) is 4.79 Å². The normalized spacial score (nSPS) is 10.8. The smallest absolute Gasteiger partial charge is 0.234 e. The molecule has 0 bridgehead atoms. The van der Waals surface area contributed by atoms with Crippen molar-refractivity contribution in [2.24, 2.45) is 0 Å². The van der Waals surface area contributed by atoms with E-state index in [2.05, 4.69) is 15.5 Å². The zero-order valence-corrected chi connectivity index (χ0v) is 18.9. The highest BCUT2D eigenvalue weighted by Crippen LogP contribution is 2.28. The van der Waals surface area contributed by atoms with Crippen LogP contribution in [0.25, 0.3) is 17.1 Å². The quantitative estimate of drug-likeness (QED) is 0.338. The molecule has 31 heavy (non-hydrogen) atoms. The third-order valence-electron chi connectivity index (χ3n) is 4.44. The third kappa shape index (κ3) is 5.28. The van der Waals surface area contributed by atoms with Crippen LogP contribution in [0.2, 0.25) is 10.0 Å². The highest BCUT2D eigenvalue weighted by molar-refractivity contribution is 7.99. The van der Waals surface area contributed by atoms with Crippen molar-refractivity contribution in [3.05, 3.63) is 88.4 Å². The second-order valence-electron chi connectivity index (χ2n) is 6.84. The second-order valence-corrected chi connectivity index (χ2v) is 8.65. The molecule has 0 aliphatic rings. The summed E-state index contributed by atoms with van der Waals surface area (Å²) in [6, 6.07) is 22.9. The van der Waals surface area contributed by atoms with E-state index in [4.69, 9.17) is 23.2 Å². The number of rotatable bonds is 6. The number of benzene rings is 3. The van der Waals surface area contributed by atoms with Crippen LogP contribution in [-0.4, -0.2) is 26.4 Å². The molecule has 0 atom stereocenters. The van der Waals surface area contributed by atoms with E-state index < -0.39 is 0 Å². The second kappa shape index (κ2) is 9.56. The zero-order chi connectivity index (χ0) is 21.8. The molecule has 1 N–H and O–H groups in total. The lowest BCUT2D eigenvalue weighted by Gasteiger charge is -2.11. The summed E-state index contributed by atoms with van der Waals surface area (Å²) in [6.07, 6.45) is 0. The Kier molecular flexibility index (Phi) is 6.61. The molecule has 0 radical (unpaired) electrons. The van der Waals surface area contributed by atoms with Gasteiger partial charge in [0.1, 0.15) is 0 Å². The van der Waals surface area contributed by atoms with Gasteiger partial charge < -0.3 is 5.32 Å². The van der Waals surface area contributed by atoms with E-state index in [0.29, 0.717) is 26.7 Å². The molecule has 156 valence electrons. The van der Waals surface area contributed by atoms with Gasteiger partial charge in [-0.2, -0.15) is 0 Å². The molecule has 0 unspecified atom stereocenters. The predicted octanol–water partition coefficient (Wildman–Crippen LogP) is 6.28. The molecule has 8 heteroatoms. The highest BCUT2D eigenvalue weighted by atomic mass is 35.5. The molecule has 0 spiro atoms. The van der Waals surface area contributed by atoms with Crippen LogP contribution < -0.4 is 5.32 Å². The molecule has 3 aromatic carbocycles. The average Bonchev–Trinajstić information content (AvgIpc) is 3.17. The minimum absolute atomic E-state index is 0.156. The van der Waals surface area contributed by atoms with Crippen LogP contribution in [0.4, 0.5) is 5.69 Å². The molecular weight excluding hydrogens is 451 g/mol. The molecule has 4 rings (SSSR count). The average molecular weight is 469 g/mol. The van der Waals surface area contributed by atoms with E-state index in [1.165, 1.54) is 11.8 Å². The van der Waals surface area contributed by atoms with E-state index >= 15 is 0 Å². The number of amides is 1. The van der Waals surface area contributed by atoms with Gasteiger partial charge in [-0.25, -0.2) is 0 Å². The molecular formula is C23H18Cl2N4OS. The first-order chi connectivity index (χ1) is 15.0. The summed E-state index contributed by atoms with van der Waals surface area (Å²) in [5, 5.41) is 13.1. The van der Waals surface area contributed by atoms with Gasteiger partial charge in [-0.1, -0.05) is 83.0 Å². The van der Waals surface area contributed by atoms with Gasteiger partial charge in [0.05, 0.1) is 5.75 Å². The number of thioether (sulfide) groups is 1. The lowest BCUT2D eigenvalue weighted by atomic mass is 10.2. The summed E-state index contributed by atoms with van der Waals surface area (Å²) >= 11 is 13.3. The molecule has 0 aliphatic carbocycles. The molecule has 1 amide bonds. The number of nitrogens with zero attached hydrogens (tertiary/aromatic N) is 3. The molecule has 4 aromatic rings. The number of halogens is 2. The van der Waals surface area contributed by atoms with Crippen molar-refractivity contribution < 1.29 is 4.79 Å². The first-order valence-corrected chi connectivity index (χ1v) is 11.2. The predicted molar refractivity (Wildman–Crippen MR) is 127 cm³/mol. The number of hydrogen-bond donors (Lipinski definition) is 1. The van der Waals surface area contributed by atoms with E-state index in [9.17, 15) is 4.79 Å². The number of aryl methyl sites for hydroxylation is 1. The van der Waals surface area contributed by atoms with E-state index in [1.807, 2.05) is 66.1 Å². The fourth-order valence-corrected chi connectivity index (χ4v) is 4.30. The number of carbonyl (C=O) groups excluding carboxylic acids is 1. The molecule has 0 fully saturated rings. The third-order valence-corrected chi connectivity index (χ3v) is 5.80. The van der Waals surface area contributed by atoms with Crippen LogP contribution in [0, 0.1) is 6.92 Å². The minimum atomic E-state index is -0.192. The van der Waals surface area contributed by atoms with Crippen LogP contribution in [0.5, 0.6) is 0 Å². The van der Waals surface area contributed by atoms with Crippen molar-refractivity contribution in [3.8, 4) is 17.1 Å². The Bertz CT molecular complexity index is 1190. The topological polar surface area (TPSA) is 59.8 Å². The number of carbonyl (C=O) groups is 1. The fraction of sp³-hybridized carbons (Fsp3) is 0.0870. The Morgan fingerprint density at radius 2 is 1.65 bits per heavy atom. The van der Waals surface area contributed by atoms with Crippen molar-refractivity contribution in [2.45, 2.75) is 12.1 Å². The van der Waals surface area contributed by atoms with E-state index in [1.54, 1.807) is 18.2 Å². The molecule has 0 saturated carbocycles. The van der Waals surface area contributed by atoms with E-state index in [-0.39, 0.29) is 11.7 Å². The minimum Gasteiger partial charge on any atom is -0.325 e. The summed E-state index contributed by atoms with van der Waals surface area (Å²) < 4.78 is 1.96. The summed E-state index contributed by atoms with van der Waals surface area (Å²) in [6.45, 7) is 2.04. The summed E-state index contributed by atoms with van der Waals surface area (Å²) in [5.41, 5.74) is 3.58. The molecule has 1 aromatic heterocycles. The number of nitrogens with one attached hydrogen (secondary N) is 1. The first kappa shape index (κ1) is 21.4. The lowest BCUT2D eigenvalue weighted by molar-refractivity contribution is -0.113. The standard InChI is InChI=1S/C23H18Cl2N4OS/c1-15-7-9-20(10-8-15)29-22(16-5-3-2-4-6-16)27-28-23(29)31-14-21(30)26-19-12-17(24)11-18(25)13-19/h2-13H,14H2,1H3,(H,26,30). The van der Waals surface area contributed by atoms with Crippen LogP contribution >= 0.6 is 35.0 Å². The van der Waals surface area contributed by atoms with Crippen LogP contribution in [0.15, 0.2) is 78.0 Å². The van der Waals surface area contributed by atoms with Crippen LogP contribution in [0.3, 0.4) is 0 Å². The monoisotopic (exact) mass is 468 g/mol. The van der Waals surface area contributed by atoms with Crippen molar-refractivity contribution in [1.29, 1.82) is 0 Å². The largest absolute Gasteiger partial charge is 0.325 e. The summed E-state index contributed by atoms with van der Waals surface area (Å²) in [7, 11) is 0. The number of anilines is 1. The van der Waals surface area contributed by atoms with Gasteiger partial charge in [-0.3, -0.25) is 9.36 Å². The van der Waals surface area contributed by atoms with Gasteiger partial charge in [0.2, 0.25) is 5.91 Å². The molecule has 0 saturated heterocycles. The molecule has 0 aliphatic heterocycles. The van der Waals surface area contributed by atoms with Gasteiger partial charge in [-0.05, 0) is 37.3 Å². The van der Waals surface area contributed by atoms with Gasteiger partial charge >= 0.3 is 0 Å². The van der Waals surface area contributed by atoms with E-state index in [0.717, 1.165) is 16.8 Å². The van der Waals surface area contributed by atoms with Crippen molar-refractivity contribution in [2.75, 3.05) is 11.1 Å². The van der Waals surface area contributed by atoms with Crippen molar-refractivity contribution >= 4 is 46.6 Å². The maximum Gasteiger partial charge on any atom is 0.234 e. The maximum atomic E-state index is 12.5. The lowest BCUT2D eigenvalue weighted by Crippen LogP contribution is -2.14. The number of hydrogen-bond acceptors (Lipinski definition) is 4. The van der Waals surface area contributed by atoms with Gasteiger partial charge in [0, 0.05) is 27.0 Å². The Hall–Kier alpha value is -2.80. The Labute approximate surface area is 194 Å². The SMILES string of the molecule is Cc1ccc(-n2c(SCC(=O)Nc3cc(Cl)cc(Cl)c3)nnc2-c2ccccc2)cc1. The summed E-state index contributed by atoms with van der Waals surface area (Å²) in [4.78, 5) is 12.5. The highest BCUT2D eigenvalue weighted by Gasteiger charge is 2.17. The molecule has 5 nitrogen and oxygen atoms in total. The molecule has 1 heterocycles. The Balaban J connectivity index is 1.58. The zero-order valence-electron chi connectivity index (χ0n) is 16.5. The van der Waals surface area contributed by atoms with Gasteiger partial charge in [-0.15, -0.1) is 10.2 Å². The Morgan fingerprint density at radius 1 is 0.968 bits per heavy atom. The Morgan fingerprint density at radius 3 is 2.32 bits per heavy atom. The van der Waals surface area contributed by atoms with Gasteiger partial charge in [0.25, 0.3) is 0 Å². The fourth-order valence-electron chi connectivity index (χ4n) is 3.02. The van der Waals surface area contributed by atoms with Crippen molar-refractivity contribution in [3.63, 3.8) is 0 Å². The number of aromatic nitrogens is 3.